The molecular formula is C13H17N3O. The first kappa shape index (κ1) is 11.7. The van der Waals surface area contributed by atoms with Crippen LogP contribution in [0.5, 0.6) is 5.75 Å². The van der Waals surface area contributed by atoms with Gasteiger partial charge in [-0.1, -0.05) is 0 Å². The number of rotatable bonds is 5. The van der Waals surface area contributed by atoms with Crippen LogP contribution in [0.2, 0.25) is 0 Å². The van der Waals surface area contributed by atoms with Crippen LogP contribution in [0.1, 0.15) is 5.69 Å². The van der Waals surface area contributed by atoms with Crippen LogP contribution in [-0.2, 0) is 6.42 Å². The molecule has 0 amide bonds. The summed E-state index contributed by atoms with van der Waals surface area (Å²) < 4.78 is 5.14. The molecule has 0 aliphatic heterocycles. The van der Waals surface area contributed by atoms with Gasteiger partial charge >= 0.3 is 0 Å². The van der Waals surface area contributed by atoms with Gasteiger partial charge in [-0.15, -0.1) is 0 Å². The third-order valence-corrected chi connectivity index (χ3v) is 2.71. The molecular weight excluding hydrogens is 214 g/mol. The van der Waals surface area contributed by atoms with Gasteiger partial charge in [0.15, 0.2) is 0 Å². The van der Waals surface area contributed by atoms with E-state index in [0.717, 1.165) is 35.7 Å². The summed E-state index contributed by atoms with van der Waals surface area (Å²) in [6.07, 6.45) is 2.68. The number of methoxy groups -OCH3 is 1. The molecule has 0 aliphatic carbocycles. The van der Waals surface area contributed by atoms with Crippen molar-refractivity contribution in [1.29, 1.82) is 0 Å². The molecule has 0 radical (unpaired) electrons. The quantitative estimate of drug-likeness (QED) is 0.825. The topological polar surface area (TPSA) is 49.9 Å². The Bertz CT molecular complexity index is 462. The highest BCUT2D eigenvalue weighted by Gasteiger charge is 2.07. The number of H-pyrrole nitrogens is 1. The van der Waals surface area contributed by atoms with Crippen molar-refractivity contribution in [3.05, 3.63) is 36.3 Å². The third-order valence-electron chi connectivity index (χ3n) is 2.71. The van der Waals surface area contributed by atoms with Crippen molar-refractivity contribution in [3.8, 4) is 17.0 Å². The SMILES string of the molecule is CNCCc1[nH]cnc1-c1ccc(OC)cc1. The van der Waals surface area contributed by atoms with E-state index in [1.54, 1.807) is 13.4 Å². The van der Waals surface area contributed by atoms with Gasteiger partial charge in [-0.05, 0) is 31.3 Å². The minimum Gasteiger partial charge on any atom is -0.497 e. The Hall–Kier alpha value is -1.81. The Morgan fingerprint density at radius 1 is 1.29 bits per heavy atom. The predicted molar refractivity (Wildman–Crippen MR) is 68.2 cm³/mol. The van der Waals surface area contributed by atoms with E-state index < -0.39 is 0 Å². The lowest BCUT2D eigenvalue weighted by Gasteiger charge is -2.04. The minimum absolute atomic E-state index is 0.862. The van der Waals surface area contributed by atoms with Gasteiger partial charge in [0.1, 0.15) is 5.75 Å². The molecule has 1 aromatic heterocycles. The number of ether oxygens (including phenoxy) is 1. The Morgan fingerprint density at radius 2 is 2.06 bits per heavy atom. The zero-order chi connectivity index (χ0) is 12.1. The maximum atomic E-state index is 5.14. The van der Waals surface area contributed by atoms with Crippen LogP contribution in [0.3, 0.4) is 0 Å². The zero-order valence-corrected chi connectivity index (χ0v) is 10.2. The molecule has 1 aromatic carbocycles. The Kier molecular flexibility index (Phi) is 3.77. The predicted octanol–water partition coefficient (Wildman–Crippen LogP) is 1.85. The molecule has 0 unspecified atom stereocenters. The number of benzene rings is 1. The van der Waals surface area contributed by atoms with Crippen LogP contribution in [0.15, 0.2) is 30.6 Å². The fraction of sp³-hybridized carbons (Fsp3) is 0.308. The van der Waals surface area contributed by atoms with E-state index in [9.17, 15) is 0 Å². The molecule has 4 nitrogen and oxygen atoms in total. The van der Waals surface area contributed by atoms with Gasteiger partial charge < -0.3 is 15.0 Å². The molecule has 4 heteroatoms. The minimum atomic E-state index is 0.862. The molecule has 1 heterocycles. The van der Waals surface area contributed by atoms with Crippen LogP contribution in [0, 0.1) is 0 Å². The number of hydrogen-bond donors (Lipinski definition) is 2. The molecule has 2 rings (SSSR count). The zero-order valence-electron chi connectivity index (χ0n) is 10.2. The molecule has 0 spiro atoms. The molecule has 0 saturated heterocycles. The lowest BCUT2D eigenvalue weighted by Crippen LogP contribution is -2.11. The number of nitrogens with one attached hydrogen (secondary N) is 2. The lowest BCUT2D eigenvalue weighted by atomic mass is 10.1. The number of imidazole rings is 1. The van der Waals surface area contributed by atoms with Crippen molar-refractivity contribution in [2.24, 2.45) is 0 Å². The van der Waals surface area contributed by atoms with Gasteiger partial charge in [-0.25, -0.2) is 4.98 Å². The van der Waals surface area contributed by atoms with Crippen molar-refractivity contribution in [2.45, 2.75) is 6.42 Å². The number of likely N-dealkylation sites (N-methyl/N-ethyl adjacent to an activating group) is 1. The van der Waals surface area contributed by atoms with E-state index in [2.05, 4.69) is 15.3 Å². The molecule has 0 saturated carbocycles. The largest absolute Gasteiger partial charge is 0.497 e. The summed E-state index contributed by atoms with van der Waals surface area (Å²) in [6, 6.07) is 7.95. The molecule has 0 aliphatic rings. The molecule has 0 fully saturated rings. The number of aromatic amines is 1. The summed E-state index contributed by atoms with van der Waals surface area (Å²) >= 11 is 0. The second-order valence-electron chi connectivity index (χ2n) is 3.81. The third kappa shape index (κ3) is 2.65. The molecule has 17 heavy (non-hydrogen) atoms. The van der Waals surface area contributed by atoms with E-state index in [1.807, 2.05) is 31.3 Å². The highest BCUT2D eigenvalue weighted by atomic mass is 16.5. The summed E-state index contributed by atoms with van der Waals surface area (Å²) in [7, 11) is 3.62. The highest BCUT2D eigenvalue weighted by molar-refractivity contribution is 5.62. The van der Waals surface area contributed by atoms with Crippen LogP contribution in [0.25, 0.3) is 11.3 Å². The van der Waals surface area contributed by atoms with Gasteiger partial charge in [0, 0.05) is 24.2 Å². The van der Waals surface area contributed by atoms with Gasteiger partial charge in [-0.2, -0.15) is 0 Å². The number of hydrogen-bond acceptors (Lipinski definition) is 3. The lowest BCUT2D eigenvalue weighted by molar-refractivity contribution is 0.415. The van der Waals surface area contributed by atoms with E-state index in [0.29, 0.717) is 0 Å². The monoisotopic (exact) mass is 231 g/mol. The van der Waals surface area contributed by atoms with Gasteiger partial charge in [0.05, 0.1) is 19.1 Å². The summed E-state index contributed by atoms with van der Waals surface area (Å²) in [5.41, 5.74) is 3.28. The Labute approximate surface area is 101 Å². The van der Waals surface area contributed by atoms with Crippen molar-refractivity contribution in [2.75, 3.05) is 20.7 Å². The smallest absolute Gasteiger partial charge is 0.118 e. The van der Waals surface area contributed by atoms with Crippen LogP contribution in [0.4, 0.5) is 0 Å². The Balaban J connectivity index is 2.23. The summed E-state index contributed by atoms with van der Waals surface area (Å²) in [5.74, 6) is 0.862. The first-order chi connectivity index (χ1) is 8.35. The fourth-order valence-electron chi connectivity index (χ4n) is 1.76. The molecule has 2 aromatic rings. The summed E-state index contributed by atoms with van der Waals surface area (Å²) in [4.78, 5) is 7.56. The van der Waals surface area contributed by atoms with Crippen LogP contribution < -0.4 is 10.1 Å². The maximum Gasteiger partial charge on any atom is 0.118 e. The summed E-state index contributed by atoms with van der Waals surface area (Å²) in [5, 5.41) is 3.14. The van der Waals surface area contributed by atoms with E-state index in [1.165, 1.54) is 0 Å². The molecule has 90 valence electrons. The maximum absolute atomic E-state index is 5.14. The first-order valence-electron chi connectivity index (χ1n) is 5.66. The van der Waals surface area contributed by atoms with Gasteiger partial charge in [0.2, 0.25) is 0 Å². The van der Waals surface area contributed by atoms with Crippen molar-refractivity contribution in [3.63, 3.8) is 0 Å². The second kappa shape index (κ2) is 5.50. The van der Waals surface area contributed by atoms with Crippen molar-refractivity contribution in [1.82, 2.24) is 15.3 Å². The second-order valence-corrected chi connectivity index (χ2v) is 3.81. The average molecular weight is 231 g/mol. The standard InChI is InChI=1S/C13H17N3O/c1-14-8-7-12-13(16-9-15-12)10-3-5-11(17-2)6-4-10/h3-6,9,14H,7-8H2,1-2H3,(H,15,16). The van der Waals surface area contributed by atoms with E-state index in [4.69, 9.17) is 4.74 Å². The summed E-state index contributed by atoms with van der Waals surface area (Å²) in [6.45, 7) is 0.936. The Morgan fingerprint density at radius 3 is 2.71 bits per heavy atom. The highest BCUT2D eigenvalue weighted by Crippen LogP contribution is 2.23. The normalized spacial score (nSPS) is 10.5. The number of nitrogens with zero attached hydrogens (tertiary/aromatic N) is 1. The van der Waals surface area contributed by atoms with Gasteiger partial charge in [0.25, 0.3) is 0 Å². The van der Waals surface area contributed by atoms with Crippen molar-refractivity contribution < 1.29 is 4.74 Å². The molecule has 0 atom stereocenters. The van der Waals surface area contributed by atoms with Crippen LogP contribution >= 0.6 is 0 Å². The first-order valence-corrected chi connectivity index (χ1v) is 5.66. The van der Waals surface area contributed by atoms with Crippen LogP contribution in [-0.4, -0.2) is 30.7 Å². The van der Waals surface area contributed by atoms with Gasteiger partial charge in [-0.3, -0.25) is 0 Å². The molecule has 0 bridgehead atoms. The number of aromatic nitrogens is 2. The van der Waals surface area contributed by atoms with E-state index >= 15 is 0 Å². The molecule has 2 N–H and O–H groups in total. The average Bonchev–Trinajstić information content (AvgIpc) is 2.84. The fourth-order valence-corrected chi connectivity index (χ4v) is 1.76. The van der Waals surface area contributed by atoms with E-state index in [-0.39, 0.29) is 0 Å². The van der Waals surface area contributed by atoms with Crippen molar-refractivity contribution >= 4 is 0 Å².